The van der Waals surface area contributed by atoms with Crippen molar-refractivity contribution in [3.8, 4) is 0 Å². The summed E-state index contributed by atoms with van der Waals surface area (Å²) in [6.45, 7) is 5.83. The van der Waals surface area contributed by atoms with Crippen LogP contribution >= 0.6 is 0 Å². The van der Waals surface area contributed by atoms with Gasteiger partial charge in [-0.25, -0.2) is 4.79 Å². The van der Waals surface area contributed by atoms with Crippen molar-refractivity contribution >= 4 is 12.1 Å². The van der Waals surface area contributed by atoms with E-state index >= 15 is 0 Å². The molecular formula is C16H22N2O. The maximum absolute atomic E-state index is 11.1. The zero-order valence-electron chi connectivity index (χ0n) is 11.7. The Balaban J connectivity index is 1.99. The molecule has 19 heavy (non-hydrogen) atoms. The molecule has 1 aliphatic heterocycles. The fourth-order valence-corrected chi connectivity index (χ4v) is 2.63. The lowest BCUT2D eigenvalue weighted by Crippen LogP contribution is -2.41. The molecule has 1 aromatic rings. The average Bonchev–Trinajstić information content (AvgIpc) is 2.38. The molecule has 0 unspecified atom stereocenters. The van der Waals surface area contributed by atoms with Crippen LogP contribution in [0, 0.1) is 19.8 Å². The Labute approximate surface area is 115 Å². The monoisotopic (exact) mass is 258 g/mol. The number of urea groups is 1. The predicted octanol–water partition coefficient (Wildman–Crippen LogP) is 3.11. The van der Waals surface area contributed by atoms with Gasteiger partial charge in [-0.15, -0.1) is 0 Å². The molecule has 0 aromatic heterocycles. The van der Waals surface area contributed by atoms with Crippen molar-refractivity contribution < 1.29 is 4.79 Å². The maximum atomic E-state index is 11.1. The minimum Gasteiger partial charge on any atom is -0.351 e. The summed E-state index contributed by atoms with van der Waals surface area (Å²) < 4.78 is 0. The van der Waals surface area contributed by atoms with Crippen LogP contribution in [0.5, 0.6) is 0 Å². The molecule has 3 nitrogen and oxygen atoms in total. The molecule has 102 valence electrons. The van der Waals surface area contributed by atoms with Gasteiger partial charge in [0.1, 0.15) is 0 Å². The van der Waals surface area contributed by atoms with Crippen LogP contribution in [0.2, 0.25) is 0 Å². The van der Waals surface area contributed by atoms with Gasteiger partial charge in [-0.3, -0.25) is 0 Å². The molecule has 3 heteroatoms. The average molecular weight is 258 g/mol. The van der Waals surface area contributed by atoms with Crippen molar-refractivity contribution in [1.82, 2.24) is 4.90 Å². The summed E-state index contributed by atoms with van der Waals surface area (Å²) in [6, 6.07) is 6.08. The molecule has 1 aromatic carbocycles. The van der Waals surface area contributed by atoms with Crippen LogP contribution in [0.15, 0.2) is 24.3 Å². The fourth-order valence-electron chi connectivity index (χ4n) is 2.63. The Morgan fingerprint density at radius 2 is 1.84 bits per heavy atom. The number of rotatable bonds is 2. The number of hydrogen-bond donors (Lipinski definition) is 1. The van der Waals surface area contributed by atoms with Crippen LogP contribution in [0.25, 0.3) is 6.08 Å². The highest BCUT2D eigenvalue weighted by Gasteiger charge is 2.19. The van der Waals surface area contributed by atoms with Crippen molar-refractivity contribution in [3.63, 3.8) is 0 Å². The first-order valence-electron chi connectivity index (χ1n) is 6.86. The summed E-state index contributed by atoms with van der Waals surface area (Å²) in [7, 11) is 0. The molecule has 2 N–H and O–H groups in total. The fraction of sp³-hybridized carbons (Fsp3) is 0.438. The van der Waals surface area contributed by atoms with Gasteiger partial charge in [-0.2, -0.15) is 0 Å². The molecule has 1 heterocycles. The minimum atomic E-state index is -0.294. The number of nitrogens with zero attached hydrogens (tertiary/aromatic N) is 1. The number of allylic oxidation sites excluding steroid dienone is 1. The third-order valence-corrected chi connectivity index (χ3v) is 3.93. The Hall–Kier alpha value is -1.77. The number of piperidine rings is 1. The van der Waals surface area contributed by atoms with Crippen molar-refractivity contribution in [1.29, 1.82) is 0 Å². The third kappa shape index (κ3) is 3.37. The quantitative estimate of drug-likeness (QED) is 0.870. The first-order valence-corrected chi connectivity index (χ1v) is 6.86. The molecule has 1 fully saturated rings. The molecular weight excluding hydrogens is 236 g/mol. The number of hydrogen-bond acceptors (Lipinski definition) is 1. The number of amides is 2. The number of benzene rings is 1. The van der Waals surface area contributed by atoms with E-state index in [1.54, 1.807) is 4.90 Å². The van der Waals surface area contributed by atoms with Gasteiger partial charge in [0.2, 0.25) is 0 Å². The van der Waals surface area contributed by atoms with Gasteiger partial charge in [-0.05, 0) is 49.3 Å². The van der Waals surface area contributed by atoms with Gasteiger partial charge in [0, 0.05) is 13.1 Å². The molecule has 1 saturated heterocycles. The lowest BCUT2D eigenvalue weighted by molar-refractivity contribution is 0.187. The number of carbonyl (C=O) groups is 1. The van der Waals surface area contributed by atoms with Crippen LogP contribution in [-0.4, -0.2) is 24.0 Å². The summed E-state index contributed by atoms with van der Waals surface area (Å²) in [5.74, 6) is 0.551. The van der Waals surface area contributed by atoms with Gasteiger partial charge in [-0.1, -0.05) is 30.4 Å². The number of nitrogens with two attached hydrogens (primary N) is 1. The highest BCUT2D eigenvalue weighted by atomic mass is 16.2. The summed E-state index contributed by atoms with van der Waals surface area (Å²) >= 11 is 0. The van der Waals surface area contributed by atoms with E-state index in [0.717, 1.165) is 25.9 Å². The predicted molar refractivity (Wildman–Crippen MR) is 78.8 cm³/mol. The second-order valence-corrected chi connectivity index (χ2v) is 5.33. The van der Waals surface area contributed by atoms with E-state index in [-0.39, 0.29) is 6.03 Å². The maximum Gasteiger partial charge on any atom is 0.314 e. The molecule has 0 atom stereocenters. The van der Waals surface area contributed by atoms with Crippen LogP contribution in [0.4, 0.5) is 4.79 Å². The van der Waals surface area contributed by atoms with E-state index in [2.05, 4.69) is 44.2 Å². The third-order valence-electron chi connectivity index (χ3n) is 3.93. The van der Waals surface area contributed by atoms with Crippen molar-refractivity contribution in [2.45, 2.75) is 26.7 Å². The SMILES string of the molecule is Cc1cccc(C)c1/C=C/C1CCN(C(N)=O)CC1. The van der Waals surface area contributed by atoms with Gasteiger partial charge in [0.25, 0.3) is 0 Å². The van der Waals surface area contributed by atoms with E-state index in [0.29, 0.717) is 5.92 Å². The standard InChI is InChI=1S/C16H22N2O/c1-12-4-3-5-13(2)15(12)7-6-14-8-10-18(11-9-14)16(17)19/h3-7,14H,8-11H2,1-2H3,(H2,17,19)/b7-6+. The van der Waals surface area contributed by atoms with Crippen LogP contribution < -0.4 is 5.73 Å². The lowest BCUT2D eigenvalue weighted by Gasteiger charge is -2.29. The molecule has 0 aliphatic carbocycles. The largest absolute Gasteiger partial charge is 0.351 e. The van der Waals surface area contributed by atoms with Gasteiger partial charge in [0.05, 0.1) is 0 Å². The lowest BCUT2D eigenvalue weighted by atomic mass is 9.94. The molecule has 1 aliphatic rings. The zero-order chi connectivity index (χ0) is 13.8. The number of aryl methyl sites for hydroxylation is 2. The second-order valence-electron chi connectivity index (χ2n) is 5.33. The summed E-state index contributed by atoms with van der Waals surface area (Å²) in [5, 5.41) is 0. The molecule has 0 spiro atoms. The van der Waals surface area contributed by atoms with Gasteiger partial charge < -0.3 is 10.6 Å². The van der Waals surface area contributed by atoms with Gasteiger partial charge in [0.15, 0.2) is 0 Å². The Morgan fingerprint density at radius 1 is 1.26 bits per heavy atom. The van der Waals surface area contributed by atoms with E-state index in [9.17, 15) is 4.79 Å². The Bertz CT molecular complexity index is 465. The zero-order valence-corrected chi connectivity index (χ0v) is 11.7. The molecule has 0 saturated carbocycles. The molecule has 2 amide bonds. The molecule has 0 radical (unpaired) electrons. The number of primary amides is 1. The number of likely N-dealkylation sites (tertiary alicyclic amines) is 1. The Morgan fingerprint density at radius 3 is 2.37 bits per heavy atom. The van der Waals surface area contributed by atoms with Crippen molar-refractivity contribution in [2.75, 3.05) is 13.1 Å². The highest BCUT2D eigenvalue weighted by Crippen LogP contribution is 2.21. The first kappa shape index (κ1) is 13.7. The van der Waals surface area contributed by atoms with E-state index in [1.165, 1.54) is 16.7 Å². The normalized spacial score (nSPS) is 17.1. The van der Waals surface area contributed by atoms with Crippen molar-refractivity contribution in [2.24, 2.45) is 11.7 Å². The first-order chi connectivity index (χ1) is 9.08. The summed E-state index contributed by atoms with van der Waals surface area (Å²) in [5.41, 5.74) is 9.23. The van der Waals surface area contributed by atoms with Crippen LogP contribution in [0.3, 0.4) is 0 Å². The van der Waals surface area contributed by atoms with Crippen LogP contribution in [0.1, 0.15) is 29.5 Å². The second kappa shape index (κ2) is 5.91. The molecule has 0 bridgehead atoms. The van der Waals surface area contributed by atoms with E-state index in [1.807, 2.05) is 0 Å². The molecule has 2 rings (SSSR count). The van der Waals surface area contributed by atoms with Crippen LogP contribution in [-0.2, 0) is 0 Å². The highest BCUT2D eigenvalue weighted by molar-refractivity contribution is 5.72. The van der Waals surface area contributed by atoms with E-state index < -0.39 is 0 Å². The smallest absolute Gasteiger partial charge is 0.314 e. The Kier molecular flexibility index (Phi) is 4.25. The number of carbonyl (C=O) groups excluding carboxylic acids is 1. The topological polar surface area (TPSA) is 46.3 Å². The summed E-state index contributed by atoms with van der Waals surface area (Å²) in [6.07, 6.45) is 6.53. The van der Waals surface area contributed by atoms with E-state index in [4.69, 9.17) is 5.73 Å². The summed E-state index contributed by atoms with van der Waals surface area (Å²) in [4.78, 5) is 12.8. The minimum absolute atomic E-state index is 0.294. The van der Waals surface area contributed by atoms with Crippen molar-refractivity contribution in [3.05, 3.63) is 41.0 Å². The van der Waals surface area contributed by atoms with Gasteiger partial charge >= 0.3 is 6.03 Å².